The third-order valence-electron chi connectivity index (χ3n) is 2.02. The van der Waals surface area contributed by atoms with Crippen LogP contribution in [0, 0.1) is 0 Å². The number of furan rings is 1. The predicted molar refractivity (Wildman–Crippen MR) is 56.0 cm³/mol. The minimum atomic E-state index is -0.362. The van der Waals surface area contributed by atoms with Gasteiger partial charge in [-0.15, -0.1) is 0 Å². The number of ether oxygens (including phenoxy) is 1. The highest BCUT2D eigenvalue weighted by atomic mass is 16.5. The first-order valence-electron chi connectivity index (χ1n) is 4.68. The molecule has 0 saturated carbocycles. The first-order valence-corrected chi connectivity index (χ1v) is 4.68. The van der Waals surface area contributed by atoms with Crippen LogP contribution in [0.4, 0.5) is 0 Å². The summed E-state index contributed by atoms with van der Waals surface area (Å²) in [4.78, 5) is 10.9. The van der Waals surface area contributed by atoms with Crippen molar-refractivity contribution >= 4 is 5.97 Å². The van der Waals surface area contributed by atoms with Crippen LogP contribution >= 0.6 is 0 Å². The second-order valence-electron chi connectivity index (χ2n) is 3.27. The summed E-state index contributed by atoms with van der Waals surface area (Å²) in [6, 6.07) is 1.98. The summed E-state index contributed by atoms with van der Waals surface area (Å²) in [5.41, 5.74) is 1.79. The van der Waals surface area contributed by atoms with E-state index < -0.39 is 0 Å². The van der Waals surface area contributed by atoms with Crippen LogP contribution < -0.4 is 5.32 Å². The van der Waals surface area contributed by atoms with E-state index >= 15 is 0 Å². The standard InChI is InChI=1S/C11H15NO3/c1-8(6-11(13)14-3)12-9(2)10-4-5-15-7-10/h4-7,9,12H,1-3H3/b8-6-. The first kappa shape index (κ1) is 11.4. The molecule has 0 radical (unpaired) electrons. The van der Waals surface area contributed by atoms with Gasteiger partial charge in [-0.2, -0.15) is 0 Å². The number of esters is 1. The Balaban J connectivity index is 2.55. The molecular weight excluding hydrogens is 194 g/mol. The Hall–Kier alpha value is -1.71. The van der Waals surface area contributed by atoms with Crippen molar-refractivity contribution in [1.82, 2.24) is 5.32 Å². The van der Waals surface area contributed by atoms with Gasteiger partial charge in [0, 0.05) is 17.3 Å². The molecule has 0 saturated heterocycles. The van der Waals surface area contributed by atoms with Crippen molar-refractivity contribution in [3.63, 3.8) is 0 Å². The summed E-state index contributed by atoms with van der Waals surface area (Å²) in [6.07, 6.45) is 4.70. The van der Waals surface area contributed by atoms with Crippen LogP contribution in [0.5, 0.6) is 0 Å². The zero-order chi connectivity index (χ0) is 11.3. The number of methoxy groups -OCH3 is 1. The topological polar surface area (TPSA) is 51.5 Å². The molecule has 82 valence electrons. The zero-order valence-corrected chi connectivity index (χ0v) is 9.11. The van der Waals surface area contributed by atoms with Crippen molar-refractivity contribution in [2.24, 2.45) is 0 Å². The van der Waals surface area contributed by atoms with E-state index in [2.05, 4.69) is 10.1 Å². The highest BCUT2D eigenvalue weighted by Gasteiger charge is 2.06. The summed E-state index contributed by atoms with van der Waals surface area (Å²) in [5.74, 6) is -0.362. The summed E-state index contributed by atoms with van der Waals surface area (Å²) in [6.45, 7) is 3.80. The lowest BCUT2D eigenvalue weighted by Gasteiger charge is -2.13. The minimum Gasteiger partial charge on any atom is -0.472 e. The maximum absolute atomic E-state index is 10.9. The van der Waals surface area contributed by atoms with Crippen molar-refractivity contribution in [2.75, 3.05) is 7.11 Å². The maximum atomic E-state index is 10.9. The fraction of sp³-hybridized carbons (Fsp3) is 0.364. The Morgan fingerprint density at radius 3 is 2.93 bits per heavy atom. The van der Waals surface area contributed by atoms with Gasteiger partial charge >= 0.3 is 5.97 Å². The quantitative estimate of drug-likeness (QED) is 0.608. The lowest BCUT2D eigenvalue weighted by Crippen LogP contribution is -2.17. The van der Waals surface area contributed by atoms with E-state index in [-0.39, 0.29) is 12.0 Å². The number of rotatable bonds is 4. The van der Waals surface area contributed by atoms with Crippen LogP contribution in [0.2, 0.25) is 0 Å². The SMILES string of the molecule is COC(=O)/C=C(/C)NC(C)c1ccoc1. The number of hydrogen-bond acceptors (Lipinski definition) is 4. The molecule has 0 spiro atoms. The normalized spacial score (nSPS) is 13.4. The number of carbonyl (C=O) groups is 1. The lowest BCUT2D eigenvalue weighted by molar-refractivity contribution is -0.134. The summed E-state index contributed by atoms with van der Waals surface area (Å²) < 4.78 is 9.49. The molecule has 0 aliphatic carbocycles. The Kier molecular flexibility index (Phi) is 3.97. The third-order valence-corrected chi connectivity index (χ3v) is 2.02. The molecule has 0 amide bonds. The highest BCUT2D eigenvalue weighted by molar-refractivity contribution is 5.82. The largest absolute Gasteiger partial charge is 0.472 e. The number of carbonyl (C=O) groups excluding carboxylic acids is 1. The van der Waals surface area contributed by atoms with Gasteiger partial charge in [0.1, 0.15) is 0 Å². The Morgan fingerprint density at radius 1 is 1.67 bits per heavy atom. The van der Waals surface area contributed by atoms with E-state index in [4.69, 9.17) is 4.42 Å². The molecule has 1 N–H and O–H groups in total. The van der Waals surface area contributed by atoms with E-state index in [9.17, 15) is 4.79 Å². The fourth-order valence-corrected chi connectivity index (χ4v) is 1.22. The molecule has 0 aliphatic rings. The molecular formula is C11H15NO3. The van der Waals surface area contributed by atoms with Crippen LogP contribution in [0.15, 0.2) is 34.8 Å². The van der Waals surface area contributed by atoms with Gasteiger partial charge < -0.3 is 14.5 Å². The molecule has 1 heterocycles. The first-order chi connectivity index (χ1) is 7.13. The molecule has 0 bridgehead atoms. The molecule has 0 aliphatic heterocycles. The van der Waals surface area contributed by atoms with Crippen LogP contribution in [0.25, 0.3) is 0 Å². The molecule has 4 nitrogen and oxygen atoms in total. The Morgan fingerprint density at radius 2 is 2.40 bits per heavy atom. The van der Waals surface area contributed by atoms with E-state index in [1.54, 1.807) is 12.5 Å². The smallest absolute Gasteiger partial charge is 0.332 e. The predicted octanol–water partition coefficient (Wildman–Crippen LogP) is 2.01. The minimum absolute atomic E-state index is 0.102. The molecule has 4 heteroatoms. The number of allylic oxidation sites excluding steroid dienone is 1. The van der Waals surface area contributed by atoms with Gasteiger partial charge in [0.2, 0.25) is 0 Å². The molecule has 0 aromatic carbocycles. The van der Waals surface area contributed by atoms with Crippen LogP contribution in [-0.4, -0.2) is 13.1 Å². The Labute approximate surface area is 88.9 Å². The van der Waals surface area contributed by atoms with Gasteiger partial charge in [0.25, 0.3) is 0 Å². The van der Waals surface area contributed by atoms with Crippen LogP contribution in [0.1, 0.15) is 25.5 Å². The number of hydrogen-bond donors (Lipinski definition) is 1. The molecule has 0 fully saturated rings. The van der Waals surface area contributed by atoms with Crippen molar-refractivity contribution in [2.45, 2.75) is 19.9 Å². The maximum Gasteiger partial charge on any atom is 0.332 e. The van der Waals surface area contributed by atoms with Gasteiger partial charge in [-0.3, -0.25) is 0 Å². The van der Waals surface area contributed by atoms with Gasteiger partial charge in [-0.1, -0.05) is 0 Å². The van der Waals surface area contributed by atoms with E-state index in [0.29, 0.717) is 0 Å². The van der Waals surface area contributed by atoms with Crippen LogP contribution in [0.3, 0.4) is 0 Å². The number of nitrogens with one attached hydrogen (secondary N) is 1. The highest BCUT2D eigenvalue weighted by Crippen LogP contribution is 2.13. The lowest BCUT2D eigenvalue weighted by atomic mass is 10.2. The summed E-state index contributed by atoms with van der Waals surface area (Å²) in [5, 5.41) is 3.15. The summed E-state index contributed by atoms with van der Waals surface area (Å²) in [7, 11) is 1.35. The van der Waals surface area contributed by atoms with Gasteiger partial charge in [0.05, 0.1) is 25.7 Å². The van der Waals surface area contributed by atoms with Crippen molar-refractivity contribution in [3.05, 3.63) is 35.9 Å². The van der Waals surface area contributed by atoms with E-state index in [0.717, 1.165) is 11.3 Å². The van der Waals surface area contributed by atoms with Crippen molar-refractivity contribution < 1.29 is 13.9 Å². The van der Waals surface area contributed by atoms with E-state index in [1.165, 1.54) is 13.2 Å². The van der Waals surface area contributed by atoms with Crippen molar-refractivity contribution in [1.29, 1.82) is 0 Å². The fourth-order valence-electron chi connectivity index (χ4n) is 1.22. The third kappa shape index (κ3) is 3.50. The second-order valence-corrected chi connectivity index (χ2v) is 3.27. The molecule has 15 heavy (non-hydrogen) atoms. The molecule has 1 aromatic rings. The van der Waals surface area contributed by atoms with Gasteiger partial charge in [0.15, 0.2) is 0 Å². The Bertz CT molecular complexity index is 341. The van der Waals surface area contributed by atoms with Gasteiger partial charge in [-0.25, -0.2) is 4.79 Å². The van der Waals surface area contributed by atoms with Gasteiger partial charge in [-0.05, 0) is 19.9 Å². The molecule has 1 rings (SSSR count). The molecule has 1 unspecified atom stereocenters. The monoisotopic (exact) mass is 209 g/mol. The molecule has 1 aromatic heterocycles. The van der Waals surface area contributed by atoms with E-state index in [1.807, 2.05) is 19.9 Å². The average molecular weight is 209 g/mol. The van der Waals surface area contributed by atoms with Crippen molar-refractivity contribution in [3.8, 4) is 0 Å². The molecule has 1 atom stereocenters. The average Bonchev–Trinajstić information content (AvgIpc) is 2.70. The summed E-state index contributed by atoms with van der Waals surface area (Å²) >= 11 is 0. The zero-order valence-electron chi connectivity index (χ0n) is 9.11. The second kappa shape index (κ2) is 5.24. The van der Waals surface area contributed by atoms with Crippen LogP contribution in [-0.2, 0) is 9.53 Å².